The van der Waals surface area contributed by atoms with Crippen LogP contribution in [-0.4, -0.2) is 53.9 Å². The Morgan fingerprint density at radius 1 is 1.15 bits per heavy atom. The first kappa shape index (κ1) is 23.9. The number of anilines is 1. The normalized spacial score (nSPS) is 15.4. The van der Waals surface area contributed by atoms with Crippen LogP contribution in [0, 0.1) is 19.8 Å². The van der Waals surface area contributed by atoms with E-state index in [1.54, 1.807) is 14.2 Å². The van der Waals surface area contributed by atoms with Crippen LogP contribution in [0.25, 0.3) is 16.8 Å². The molecule has 1 fully saturated rings. The van der Waals surface area contributed by atoms with Gasteiger partial charge < -0.3 is 19.7 Å². The highest BCUT2D eigenvalue weighted by molar-refractivity contribution is 5.82. The number of carbonyl (C=O) groups excluding carboxylic acids is 1. The quantitative estimate of drug-likeness (QED) is 0.564. The molecule has 0 bridgehead atoms. The summed E-state index contributed by atoms with van der Waals surface area (Å²) in [5.74, 6) is 2.61. The van der Waals surface area contributed by atoms with Gasteiger partial charge in [0.2, 0.25) is 5.91 Å². The average molecular weight is 466 g/mol. The number of ether oxygens (including phenoxy) is 2. The smallest absolute Gasteiger partial charge is 0.223 e. The molecule has 182 valence electrons. The summed E-state index contributed by atoms with van der Waals surface area (Å²) in [5, 5.41) is 8.00. The SMILES string of the molecule is CCC(C)NC(=O)C1CCN(c2cc(C)nc3c(-c4ccc(OC)c(OC)c4)c(C)nn23)CC1. The molecule has 8 heteroatoms. The standard InChI is InChI=1S/C26H35N5O3/c1-7-16(2)28-26(32)19-10-12-30(13-11-19)23-14-17(3)27-25-24(18(4)29-31(23)25)20-8-9-21(33-5)22(15-20)34-6/h8-9,14-16,19H,7,10-13H2,1-6H3,(H,28,32). The Morgan fingerprint density at radius 3 is 2.50 bits per heavy atom. The van der Waals surface area contributed by atoms with Crippen molar-refractivity contribution in [2.24, 2.45) is 5.92 Å². The van der Waals surface area contributed by atoms with Gasteiger partial charge in [-0.2, -0.15) is 9.61 Å². The number of aromatic nitrogens is 3. The minimum Gasteiger partial charge on any atom is -0.493 e. The fourth-order valence-electron chi connectivity index (χ4n) is 4.61. The number of aryl methyl sites for hydroxylation is 2. The lowest BCUT2D eigenvalue weighted by atomic mass is 9.95. The Hall–Kier alpha value is -3.29. The van der Waals surface area contributed by atoms with Crippen LogP contribution in [0.5, 0.6) is 11.5 Å². The lowest BCUT2D eigenvalue weighted by molar-refractivity contribution is -0.126. The zero-order chi connectivity index (χ0) is 24.4. The van der Waals surface area contributed by atoms with Crippen LogP contribution in [0.1, 0.15) is 44.5 Å². The molecule has 8 nitrogen and oxygen atoms in total. The predicted molar refractivity (Wildman–Crippen MR) is 134 cm³/mol. The molecular formula is C26H35N5O3. The van der Waals surface area contributed by atoms with Crippen molar-refractivity contribution in [3.05, 3.63) is 35.7 Å². The summed E-state index contributed by atoms with van der Waals surface area (Å²) in [6.45, 7) is 9.78. The molecule has 3 heterocycles. The van der Waals surface area contributed by atoms with E-state index in [-0.39, 0.29) is 17.9 Å². The van der Waals surface area contributed by atoms with E-state index in [9.17, 15) is 4.79 Å². The maximum absolute atomic E-state index is 12.6. The molecule has 1 N–H and O–H groups in total. The third kappa shape index (κ3) is 4.54. The predicted octanol–water partition coefficient (Wildman–Crippen LogP) is 4.16. The van der Waals surface area contributed by atoms with Crippen molar-refractivity contribution >= 4 is 17.4 Å². The van der Waals surface area contributed by atoms with Gasteiger partial charge in [-0.1, -0.05) is 13.0 Å². The molecule has 1 unspecified atom stereocenters. The summed E-state index contributed by atoms with van der Waals surface area (Å²) in [6.07, 6.45) is 2.60. The van der Waals surface area contributed by atoms with Crippen LogP contribution in [-0.2, 0) is 4.79 Å². The lowest BCUT2D eigenvalue weighted by Crippen LogP contribution is -2.43. The first-order valence-corrected chi connectivity index (χ1v) is 12.0. The number of hydrogen-bond donors (Lipinski definition) is 1. The molecule has 0 radical (unpaired) electrons. The third-order valence-electron chi connectivity index (χ3n) is 6.74. The molecular weight excluding hydrogens is 430 g/mol. The minimum absolute atomic E-state index is 0.0605. The van der Waals surface area contributed by atoms with Gasteiger partial charge in [-0.25, -0.2) is 4.98 Å². The number of nitrogens with one attached hydrogen (secondary N) is 1. The van der Waals surface area contributed by atoms with Gasteiger partial charge >= 0.3 is 0 Å². The highest BCUT2D eigenvalue weighted by Crippen LogP contribution is 2.36. The second-order valence-electron chi connectivity index (χ2n) is 9.10. The highest BCUT2D eigenvalue weighted by atomic mass is 16.5. The molecule has 4 rings (SSSR count). The van der Waals surface area contributed by atoms with Crippen molar-refractivity contribution in [1.82, 2.24) is 19.9 Å². The van der Waals surface area contributed by atoms with E-state index in [4.69, 9.17) is 19.6 Å². The number of benzene rings is 1. The number of rotatable bonds is 7. The molecule has 1 aromatic carbocycles. The second-order valence-corrected chi connectivity index (χ2v) is 9.10. The molecule has 1 aliphatic heterocycles. The summed E-state index contributed by atoms with van der Waals surface area (Å²) in [4.78, 5) is 19.8. The molecule has 0 saturated carbocycles. The number of piperidine rings is 1. The van der Waals surface area contributed by atoms with Gasteiger partial charge in [0.15, 0.2) is 17.1 Å². The molecule has 0 spiro atoms. The molecule has 1 amide bonds. The zero-order valence-electron chi connectivity index (χ0n) is 21.0. The molecule has 3 aromatic rings. The Balaban J connectivity index is 1.65. The first-order chi connectivity index (χ1) is 16.4. The first-order valence-electron chi connectivity index (χ1n) is 12.0. The number of amides is 1. The summed E-state index contributed by atoms with van der Waals surface area (Å²) < 4.78 is 12.9. The van der Waals surface area contributed by atoms with Crippen molar-refractivity contribution in [1.29, 1.82) is 0 Å². The molecule has 1 atom stereocenters. The Bertz CT molecular complexity index is 1180. The summed E-state index contributed by atoms with van der Waals surface area (Å²) in [7, 11) is 3.27. The fraction of sp³-hybridized carbons (Fsp3) is 0.500. The van der Waals surface area contributed by atoms with E-state index < -0.39 is 0 Å². The van der Waals surface area contributed by atoms with E-state index in [1.165, 1.54) is 0 Å². The van der Waals surface area contributed by atoms with Crippen molar-refractivity contribution in [2.75, 3.05) is 32.2 Å². The zero-order valence-corrected chi connectivity index (χ0v) is 21.0. The van der Waals surface area contributed by atoms with Crippen molar-refractivity contribution < 1.29 is 14.3 Å². The third-order valence-corrected chi connectivity index (χ3v) is 6.74. The van der Waals surface area contributed by atoms with E-state index in [0.717, 1.165) is 66.3 Å². The largest absolute Gasteiger partial charge is 0.493 e. The van der Waals surface area contributed by atoms with Crippen molar-refractivity contribution in [3.8, 4) is 22.6 Å². The highest BCUT2D eigenvalue weighted by Gasteiger charge is 2.28. The van der Waals surface area contributed by atoms with E-state index in [2.05, 4.69) is 30.1 Å². The number of fused-ring (bicyclic) bond motifs is 1. The Kier molecular flexibility index (Phi) is 6.95. The van der Waals surface area contributed by atoms with Crippen LogP contribution in [0.3, 0.4) is 0 Å². The fourth-order valence-corrected chi connectivity index (χ4v) is 4.61. The number of carbonyl (C=O) groups is 1. The Morgan fingerprint density at radius 2 is 1.85 bits per heavy atom. The molecule has 1 saturated heterocycles. The number of hydrogen-bond acceptors (Lipinski definition) is 6. The van der Waals surface area contributed by atoms with Crippen LogP contribution in [0.15, 0.2) is 24.3 Å². The van der Waals surface area contributed by atoms with Gasteiger partial charge in [-0.3, -0.25) is 4.79 Å². The van der Waals surface area contributed by atoms with Gasteiger partial charge in [0.05, 0.1) is 19.9 Å². The number of nitrogens with zero attached hydrogens (tertiary/aromatic N) is 4. The van der Waals surface area contributed by atoms with Gasteiger partial charge in [0.25, 0.3) is 0 Å². The molecule has 2 aromatic heterocycles. The van der Waals surface area contributed by atoms with Crippen molar-refractivity contribution in [2.45, 2.75) is 53.0 Å². The molecule has 1 aliphatic rings. The van der Waals surface area contributed by atoms with Gasteiger partial charge in [0, 0.05) is 42.4 Å². The monoisotopic (exact) mass is 465 g/mol. The summed E-state index contributed by atoms with van der Waals surface area (Å²) in [6, 6.07) is 8.18. The second kappa shape index (κ2) is 9.91. The van der Waals surface area contributed by atoms with Gasteiger partial charge in [0.1, 0.15) is 5.82 Å². The lowest BCUT2D eigenvalue weighted by Gasteiger charge is -2.33. The van der Waals surface area contributed by atoms with E-state index in [0.29, 0.717) is 11.5 Å². The maximum atomic E-state index is 12.6. The summed E-state index contributed by atoms with van der Waals surface area (Å²) in [5.41, 5.74) is 4.61. The van der Waals surface area contributed by atoms with Crippen LogP contribution < -0.4 is 19.7 Å². The minimum atomic E-state index is 0.0605. The van der Waals surface area contributed by atoms with Crippen LogP contribution in [0.2, 0.25) is 0 Å². The van der Waals surface area contributed by atoms with Gasteiger partial charge in [-0.05, 0) is 57.7 Å². The van der Waals surface area contributed by atoms with Crippen LogP contribution >= 0.6 is 0 Å². The van der Waals surface area contributed by atoms with Gasteiger partial charge in [-0.15, -0.1) is 0 Å². The average Bonchev–Trinajstić information content (AvgIpc) is 3.18. The van der Waals surface area contributed by atoms with Crippen molar-refractivity contribution in [3.63, 3.8) is 0 Å². The maximum Gasteiger partial charge on any atom is 0.223 e. The molecule has 0 aliphatic carbocycles. The van der Waals surface area contributed by atoms with E-state index >= 15 is 0 Å². The number of methoxy groups -OCH3 is 2. The summed E-state index contributed by atoms with van der Waals surface area (Å²) >= 11 is 0. The van der Waals surface area contributed by atoms with E-state index in [1.807, 2.05) is 36.6 Å². The topological polar surface area (TPSA) is 81.0 Å². The Labute approximate surface area is 201 Å². The van der Waals surface area contributed by atoms with Crippen LogP contribution in [0.4, 0.5) is 5.82 Å². The molecule has 34 heavy (non-hydrogen) atoms.